The number of aromatic nitrogens is 1. The zero-order valence-electron chi connectivity index (χ0n) is 8.77. The van der Waals surface area contributed by atoms with Crippen molar-refractivity contribution in [3.05, 3.63) is 36.0 Å². The van der Waals surface area contributed by atoms with Crippen LogP contribution < -0.4 is 4.74 Å². The first-order chi connectivity index (χ1) is 7.24. The largest absolute Gasteiger partial charge is 0.496 e. The van der Waals surface area contributed by atoms with Gasteiger partial charge in [0.05, 0.1) is 18.7 Å². The topological polar surface area (TPSA) is 42.4 Å². The Labute approximate surface area is 88.3 Å². The van der Waals surface area contributed by atoms with E-state index in [0.29, 0.717) is 5.75 Å². The number of hydrogen-bond acceptors (Lipinski definition) is 3. The molecule has 15 heavy (non-hydrogen) atoms. The van der Waals surface area contributed by atoms with Gasteiger partial charge in [-0.2, -0.15) is 0 Å². The molecule has 1 aromatic heterocycles. The summed E-state index contributed by atoms with van der Waals surface area (Å²) in [6.45, 7) is 1.71. The summed E-state index contributed by atoms with van der Waals surface area (Å²) in [4.78, 5) is 4.27. The van der Waals surface area contributed by atoms with Crippen LogP contribution in [-0.4, -0.2) is 17.2 Å². The fourth-order valence-corrected chi connectivity index (χ4v) is 1.73. The second-order valence-corrected chi connectivity index (χ2v) is 3.43. The number of methoxy groups -OCH3 is 1. The fourth-order valence-electron chi connectivity index (χ4n) is 1.73. The maximum absolute atomic E-state index is 9.71. The van der Waals surface area contributed by atoms with E-state index in [1.165, 1.54) is 0 Å². The highest BCUT2D eigenvalue weighted by Gasteiger charge is 2.13. The Morgan fingerprint density at radius 1 is 1.33 bits per heavy atom. The highest BCUT2D eigenvalue weighted by Crippen LogP contribution is 2.31. The van der Waals surface area contributed by atoms with E-state index in [1.807, 2.05) is 24.3 Å². The third-order valence-corrected chi connectivity index (χ3v) is 2.41. The van der Waals surface area contributed by atoms with Gasteiger partial charge in [0, 0.05) is 17.1 Å². The van der Waals surface area contributed by atoms with Crippen LogP contribution in [0.4, 0.5) is 0 Å². The third kappa shape index (κ3) is 1.66. The van der Waals surface area contributed by atoms with Gasteiger partial charge in [0.2, 0.25) is 0 Å². The molecule has 3 nitrogen and oxygen atoms in total. The van der Waals surface area contributed by atoms with Crippen LogP contribution in [-0.2, 0) is 0 Å². The van der Waals surface area contributed by atoms with Gasteiger partial charge in [0.1, 0.15) is 5.75 Å². The zero-order chi connectivity index (χ0) is 10.8. The molecule has 0 saturated heterocycles. The summed E-state index contributed by atoms with van der Waals surface area (Å²) in [6.07, 6.45) is 1.13. The SMILES string of the molecule is COc1ccc2cccnc2c1[C@@H](C)O. The lowest BCUT2D eigenvalue weighted by molar-refractivity contribution is 0.196. The number of fused-ring (bicyclic) bond motifs is 1. The monoisotopic (exact) mass is 203 g/mol. The summed E-state index contributed by atoms with van der Waals surface area (Å²) >= 11 is 0. The second-order valence-electron chi connectivity index (χ2n) is 3.43. The molecule has 0 aliphatic heterocycles. The summed E-state index contributed by atoms with van der Waals surface area (Å²) in [7, 11) is 1.59. The summed E-state index contributed by atoms with van der Waals surface area (Å²) in [5.74, 6) is 0.677. The average Bonchev–Trinajstić information content (AvgIpc) is 2.27. The lowest BCUT2D eigenvalue weighted by Gasteiger charge is -2.13. The van der Waals surface area contributed by atoms with Crippen molar-refractivity contribution < 1.29 is 9.84 Å². The molecule has 1 atom stereocenters. The van der Waals surface area contributed by atoms with Crippen LogP contribution in [0.3, 0.4) is 0 Å². The number of ether oxygens (including phenoxy) is 1. The van der Waals surface area contributed by atoms with E-state index in [-0.39, 0.29) is 0 Å². The Kier molecular flexibility index (Phi) is 2.56. The number of pyridine rings is 1. The van der Waals surface area contributed by atoms with E-state index in [2.05, 4.69) is 4.98 Å². The Bertz CT molecular complexity index is 480. The minimum Gasteiger partial charge on any atom is -0.496 e. The Hall–Kier alpha value is -1.61. The van der Waals surface area contributed by atoms with Gasteiger partial charge in [0.15, 0.2) is 0 Å². The van der Waals surface area contributed by atoms with Gasteiger partial charge in [-0.3, -0.25) is 4.98 Å². The van der Waals surface area contributed by atoms with Gasteiger partial charge in [-0.05, 0) is 25.1 Å². The predicted octanol–water partition coefficient (Wildman–Crippen LogP) is 2.30. The molecule has 0 saturated carbocycles. The van der Waals surface area contributed by atoms with Crippen molar-refractivity contribution in [2.75, 3.05) is 7.11 Å². The number of aliphatic hydroxyl groups excluding tert-OH is 1. The third-order valence-electron chi connectivity index (χ3n) is 2.41. The van der Waals surface area contributed by atoms with Gasteiger partial charge < -0.3 is 9.84 Å². The summed E-state index contributed by atoms with van der Waals surface area (Å²) in [5, 5.41) is 10.7. The minimum absolute atomic E-state index is 0.585. The van der Waals surface area contributed by atoms with Crippen molar-refractivity contribution in [2.45, 2.75) is 13.0 Å². The van der Waals surface area contributed by atoms with Crippen LogP contribution in [0.25, 0.3) is 10.9 Å². The highest BCUT2D eigenvalue weighted by atomic mass is 16.5. The van der Waals surface area contributed by atoms with Crippen LogP contribution in [0.15, 0.2) is 30.5 Å². The van der Waals surface area contributed by atoms with Crippen molar-refractivity contribution in [1.29, 1.82) is 0 Å². The van der Waals surface area contributed by atoms with Crippen molar-refractivity contribution in [3.8, 4) is 5.75 Å². The van der Waals surface area contributed by atoms with E-state index >= 15 is 0 Å². The number of aliphatic hydroxyl groups is 1. The van der Waals surface area contributed by atoms with Crippen LogP contribution in [0.1, 0.15) is 18.6 Å². The van der Waals surface area contributed by atoms with Crippen LogP contribution >= 0.6 is 0 Å². The first-order valence-corrected chi connectivity index (χ1v) is 4.83. The molecule has 0 unspecified atom stereocenters. The lowest BCUT2D eigenvalue weighted by atomic mass is 10.0. The molecular weight excluding hydrogens is 190 g/mol. The summed E-state index contributed by atoms with van der Waals surface area (Å²) in [6, 6.07) is 7.63. The first kappa shape index (κ1) is 9.93. The molecule has 0 aliphatic carbocycles. The zero-order valence-corrected chi connectivity index (χ0v) is 8.77. The first-order valence-electron chi connectivity index (χ1n) is 4.83. The molecule has 0 spiro atoms. The maximum Gasteiger partial charge on any atom is 0.126 e. The number of hydrogen-bond donors (Lipinski definition) is 1. The summed E-state index contributed by atoms with van der Waals surface area (Å²) < 4.78 is 5.21. The van der Waals surface area contributed by atoms with E-state index in [1.54, 1.807) is 20.2 Å². The normalized spacial score (nSPS) is 12.7. The molecule has 0 aliphatic rings. The average molecular weight is 203 g/mol. The Balaban J connectivity index is 2.79. The molecule has 1 aromatic carbocycles. The van der Waals surface area contributed by atoms with Gasteiger partial charge in [-0.15, -0.1) is 0 Å². The van der Waals surface area contributed by atoms with Crippen molar-refractivity contribution in [1.82, 2.24) is 4.98 Å². The number of benzene rings is 1. The van der Waals surface area contributed by atoms with E-state index in [0.717, 1.165) is 16.5 Å². The lowest BCUT2D eigenvalue weighted by Crippen LogP contribution is -1.98. The Morgan fingerprint density at radius 2 is 2.13 bits per heavy atom. The van der Waals surface area contributed by atoms with Crippen LogP contribution in [0, 0.1) is 0 Å². The molecule has 1 heterocycles. The smallest absolute Gasteiger partial charge is 0.126 e. The Morgan fingerprint density at radius 3 is 2.80 bits per heavy atom. The van der Waals surface area contributed by atoms with E-state index in [9.17, 15) is 5.11 Å². The molecule has 0 amide bonds. The van der Waals surface area contributed by atoms with Crippen LogP contribution in [0.5, 0.6) is 5.75 Å². The van der Waals surface area contributed by atoms with Crippen LogP contribution in [0.2, 0.25) is 0 Å². The second kappa shape index (κ2) is 3.87. The standard InChI is InChI=1S/C12H13NO2/c1-8(14)11-10(15-2)6-5-9-4-3-7-13-12(9)11/h3-8,14H,1-2H3/t8-/m1/s1. The van der Waals surface area contributed by atoms with Gasteiger partial charge >= 0.3 is 0 Å². The number of rotatable bonds is 2. The van der Waals surface area contributed by atoms with Crippen molar-refractivity contribution in [2.24, 2.45) is 0 Å². The molecule has 78 valence electrons. The van der Waals surface area contributed by atoms with E-state index in [4.69, 9.17) is 4.74 Å². The van der Waals surface area contributed by atoms with Gasteiger partial charge in [-0.25, -0.2) is 0 Å². The number of nitrogens with zero attached hydrogens (tertiary/aromatic N) is 1. The minimum atomic E-state index is -0.585. The van der Waals surface area contributed by atoms with Crippen molar-refractivity contribution >= 4 is 10.9 Å². The molecule has 2 aromatic rings. The molecule has 0 fully saturated rings. The molecular formula is C12H13NO2. The molecule has 3 heteroatoms. The van der Waals surface area contributed by atoms with Crippen molar-refractivity contribution in [3.63, 3.8) is 0 Å². The summed E-state index contributed by atoms with van der Waals surface area (Å²) in [5.41, 5.74) is 1.54. The fraction of sp³-hybridized carbons (Fsp3) is 0.250. The molecule has 1 N–H and O–H groups in total. The van der Waals surface area contributed by atoms with Gasteiger partial charge in [-0.1, -0.05) is 6.07 Å². The predicted molar refractivity (Wildman–Crippen MR) is 58.9 cm³/mol. The highest BCUT2D eigenvalue weighted by molar-refractivity contribution is 5.84. The quantitative estimate of drug-likeness (QED) is 0.814. The molecule has 0 bridgehead atoms. The molecule has 0 radical (unpaired) electrons. The van der Waals surface area contributed by atoms with E-state index < -0.39 is 6.10 Å². The maximum atomic E-state index is 9.71. The molecule has 2 rings (SSSR count). The van der Waals surface area contributed by atoms with Gasteiger partial charge in [0.25, 0.3) is 0 Å².